The van der Waals surface area contributed by atoms with Gasteiger partial charge >= 0.3 is 6.03 Å². The summed E-state index contributed by atoms with van der Waals surface area (Å²) in [5.41, 5.74) is 7.19. The Hall–Kier alpha value is -2.02. The minimum atomic E-state index is -0.818. The summed E-state index contributed by atoms with van der Waals surface area (Å²) in [5, 5.41) is 2.63. The fourth-order valence-electron chi connectivity index (χ4n) is 3.60. The SMILES string of the molecule is CC(C)C(Sc1nc2ccccc2n1C1CCCCC1)C(=O)NC(N)=O. The fraction of sp³-hybridized carbons (Fsp3) is 0.526. The maximum absolute atomic E-state index is 12.4. The molecule has 1 unspecified atom stereocenters. The number of fused-ring (bicyclic) bond motifs is 1. The van der Waals surface area contributed by atoms with Crippen LogP contribution in [0.25, 0.3) is 11.0 Å². The van der Waals surface area contributed by atoms with Crippen LogP contribution in [0.2, 0.25) is 0 Å². The number of amides is 3. The molecule has 6 nitrogen and oxygen atoms in total. The number of hydrogen-bond acceptors (Lipinski definition) is 4. The Morgan fingerprint density at radius 2 is 1.92 bits per heavy atom. The topological polar surface area (TPSA) is 90.0 Å². The lowest BCUT2D eigenvalue weighted by molar-refractivity contribution is -0.120. The summed E-state index contributed by atoms with van der Waals surface area (Å²) in [6.07, 6.45) is 5.98. The Morgan fingerprint density at radius 3 is 2.58 bits per heavy atom. The third-order valence-corrected chi connectivity index (χ3v) is 6.36. The second-order valence-electron chi connectivity index (χ2n) is 7.18. The maximum atomic E-state index is 12.4. The van der Waals surface area contributed by atoms with Crippen molar-refractivity contribution in [1.29, 1.82) is 0 Å². The normalized spacial score (nSPS) is 16.7. The number of rotatable bonds is 5. The van der Waals surface area contributed by atoms with E-state index >= 15 is 0 Å². The molecule has 140 valence electrons. The van der Waals surface area contributed by atoms with Gasteiger partial charge in [0.15, 0.2) is 5.16 Å². The smallest absolute Gasteiger partial charge is 0.318 e. The third kappa shape index (κ3) is 4.03. The van der Waals surface area contributed by atoms with E-state index in [0.717, 1.165) is 29.0 Å². The molecule has 1 aliphatic rings. The maximum Gasteiger partial charge on any atom is 0.318 e. The molecule has 1 saturated carbocycles. The van der Waals surface area contributed by atoms with Gasteiger partial charge in [0.2, 0.25) is 5.91 Å². The summed E-state index contributed by atoms with van der Waals surface area (Å²) < 4.78 is 2.30. The van der Waals surface area contributed by atoms with Crippen LogP contribution in [-0.4, -0.2) is 26.7 Å². The van der Waals surface area contributed by atoms with Crippen LogP contribution < -0.4 is 11.1 Å². The molecule has 1 aromatic heterocycles. The summed E-state index contributed by atoms with van der Waals surface area (Å²) in [6, 6.07) is 7.70. The van der Waals surface area contributed by atoms with Gasteiger partial charge in [0.05, 0.1) is 16.3 Å². The number of carbonyl (C=O) groups is 2. The van der Waals surface area contributed by atoms with Crippen LogP contribution in [0.5, 0.6) is 0 Å². The average Bonchev–Trinajstić information content (AvgIpc) is 2.97. The minimum Gasteiger partial charge on any atom is -0.351 e. The molecule has 3 rings (SSSR count). The van der Waals surface area contributed by atoms with Crippen molar-refractivity contribution in [3.63, 3.8) is 0 Å². The molecule has 0 radical (unpaired) electrons. The largest absolute Gasteiger partial charge is 0.351 e. The van der Waals surface area contributed by atoms with Crippen LogP contribution >= 0.6 is 11.8 Å². The molecule has 1 aromatic carbocycles. The second kappa shape index (κ2) is 8.12. The zero-order valence-electron chi connectivity index (χ0n) is 15.3. The predicted molar refractivity (Wildman–Crippen MR) is 104 cm³/mol. The number of aromatic nitrogens is 2. The number of primary amides is 1. The molecular formula is C19H26N4O2S. The number of carbonyl (C=O) groups excluding carboxylic acids is 2. The summed E-state index contributed by atoms with van der Waals surface area (Å²) in [5.74, 6) is -0.321. The fourth-order valence-corrected chi connectivity index (χ4v) is 4.77. The molecule has 0 saturated heterocycles. The van der Waals surface area contributed by atoms with Gasteiger partial charge in [0.1, 0.15) is 0 Å². The molecule has 1 fully saturated rings. The van der Waals surface area contributed by atoms with Crippen LogP contribution in [0, 0.1) is 5.92 Å². The van der Waals surface area contributed by atoms with Crippen molar-refractivity contribution in [3.8, 4) is 0 Å². The summed E-state index contributed by atoms with van der Waals surface area (Å²) in [4.78, 5) is 28.3. The number of nitrogens with zero attached hydrogens (tertiary/aromatic N) is 2. The molecular weight excluding hydrogens is 348 g/mol. The zero-order chi connectivity index (χ0) is 18.7. The minimum absolute atomic E-state index is 0.0407. The van der Waals surface area contributed by atoms with Crippen LogP contribution in [0.3, 0.4) is 0 Å². The van der Waals surface area contributed by atoms with Crippen LogP contribution in [0.15, 0.2) is 29.4 Å². The molecule has 7 heteroatoms. The van der Waals surface area contributed by atoms with E-state index in [2.05, 4.69) is 16.0 Å². The van der Waals surface area contributed by atoms with E-state index in [-0.39, 0.29) is 11.8 Å². The van der Waals surface area contributed by atoms with E-state index in [4.69, 9.17) is 10.7 Å². The van der Waals surface area contributed by atoms with Crippen molar-refractivity contribution < 1.29 is 9.59 Å². The highest BCUT2D eigenvalue weighted by Crippen LogP contribution is 2.37. The first-order chi connectivity index (χ1) is 12.5. The van der Waals surface area contributed by atoms with Crippen molar-refractivity contribution >= 4 is 34.7 Å². The number of urea groups is 1. The number of nitrogens with two attached hydrogens (primary N) is 1. The highest BCUT2D eigenvalue weighted by Gasteiger charge is 2.29. The monoisotopic (exact) mass is 374 g/mol. The van der Waals surface area contributed by atoms with E-state index < -0.39 is 11.3 Å². The molecule has 0 aliphatic heterocycles. The lowest BCUT2D eigenvalue weighted by atomic mass is 9.95. The van der Waals surface area contributed by atoms with Crippen molar-refractivity contribution in [3.05, 3.63) is 24.3 Å². The first-order valence-electron chi connectivity index (χ1n) is 9.21. The van der Waals surface area contributed by atoms with Gasteiger partial charge in [-0.15, -0.1) is 0 Å². The highest BCUT2D eigenvalue weighted by molar-refractivity contribution is 8.00. The number of para-hydroxylation sites is 2. The van der Waals surface area contributed by atoms with Gasteiger partial charge in [0, 0.05) is 6.04 Å². The van der Waals surface area contributed by atoms with Gasteiger partial charge in [-0.3, -0.25) is 10.1 Å². The van der Waals surface area contributed by atoms with Crippen LogP contribution in [-0.2, 0) is 4.79 Å². The van der Waals surface area contributed by atoms with E-state index in [0.29, 0.717) is 6.04 Å². The highest BCUT2D eigenvalue weighted by atomic mass is 32.2. The Balaban J connectivity index is 1.97. The summed E-state index contributed by atoms with van der Waals surface area (Å²) >= 11 is 1.42. The number of imide groups is 1. The third-order valence-electron chi connectivity index (χ3n) is 4.85. The van der Waals surface area contributed by atoms with E-state index in [1.807, 2.05) is 32.0 Å². The Kier molecular flexibility index (Phi) is 5.86. The molecule has 2 aromatic rings. The molecule has 1 aliphatic carbocycles. The van der Waals surface area contributed by atoms with Gasteiger partial charge < -0.3 is 10.3 Å². The van der Waals surface area contributed by atoms with E-state index in [9.17, 15) is 9.59 Å². The summed E-state index contributed by atoms with van der Waals surface area (Å²) in [7, 11) is 0. The number of nitrogens with one attached hydrogen (secondary N) is 1. The lowest BCUT2D eigenvalue weighted by Gasteiger charge is -2.26. The van der Waals surface area contributed by atoms with Crippen molar-refractivity contribution in [2.24, 2.45) is 11.7 Å². The lowest BCUT2D eigenvalue weighted by Crippen LogP contribution is -2.42. The van der Waals surface area contributed by atoms with Crippen LogP contribution in [0.1, 0.15) is 52.0 Å². The van der Waals surface area contributed by atoms with E-state index in [1.165, 1.54) is 31.0 Å². The second-order valence-corrected chi connectivity index (χ2v) is 8.29. The predicted octanol–water partition coefficient (Wildman–Crippen LogP) is 3.85. The molecule has 1 atom stereocenters. The number of benzene rings is 1. The molecule has 26 heavy (non-hydrogen) atoms. The summed E-state index contributed by atoms with van der Waals surface area (Å²) in [6.45, 7) is 3.93. The first kappa shape index (κ1) is 18.8. The van der Waals surface area contributed by atoms with Gasteiger partial charge in [-0.05, 0) is 30.9 Å². The number of hydrogen-bond donors (Lipinski definition) is 2. The number of imidazole rings is 1. The Labute approximate surface area is 157 Å². The van der Waals surface area contributed by atoms with Crippen molar-refractivity contribution in [2.75, 3.05) is 0 Å². The molecule has 0 spiro atoms. The number of thioether (sulfide) groups is 1. The molecule has 3 N–H and O–H groups in total. The average molecular weight is 375 g/mol. The van der Waals surface area contributed by atoms with Gasteiger partial charge in [-0.1, -0.05) is 57.0 Å². The molecule has 1 heterocycles. The molecule has 0 bridgehead atoms. The Bertz CT molecular complexity index is 796. The van der Waals surface area contributed by atoms with Gasteiger partial charge in [-0.25, -0.2) is 9.78 Å². The van der Waals surface area contributed by atoms with Gasteiger partial charge in [0.25, 0.3) is 0 Å². The first-order valence-corrected chi connectivity index (χ1v) is 10.1. The van der Waals surface area contributed by atoms with Gasteiger partial charge in [-0.2, -0.15) is 0 Å². The Morgan fingerprint density at radius 1 is 1.23 bits per heavy atom. The molecule has 3 amide bonds. The van der Waals surface area contributed by atoms with Crippen LogP contribution in [0.4, 0.5) is 4.79 Å². The van der Waals surface area contributed by atoms with E-state index in [1.54, 1.807) is 0 Å². The quantitative estimate of drug-likeness (QED) is 0.778. The standard InChI is InChI=1S/C19H26N4O2S/c1-12(2)16(17(24)22-18(20)25)26-19-21-14-10-6-7-11-15(14)23(19)13-8-4-3-5-9-13/h6-7,10-13,16H,3-5,8-9H2,1-2H3,(H3,20,22,24,25). The van der Waals surface area contributed by atoms with Crippen molar-refractivity contribution in [1.82, 2.24) is 14.9 Å². The zero-order valence-corrected chi connectivity index (χ0v) is 16.1. The van der Waals surface area contributed by atoms with Crippen molar-refractivity contribution in [2.45, 2.75) is 62.4 Å².